The van der Waals surface area contributed by atoms with E-state index in [1.165, 1.54) is 128 Å². The van der Waals surface area contributed by atoms with Crippen LogP contribution in [0.15, 0.2) is 0 Å². The van der Waals surface area contributed by atoms with E-state index < -0.39 is 17.9 Å². The van der Waals surface area contributed by atoms with Gasteiger partial charge in [-0.05, 0) is 19.3 Å². The minimum absolute atomic E-state index is 0.0219. The van der Waals surface area contributed by atoms with Crippen LogP contribution in [0.2, 0.25) is 0 Å². The molecular formula is C36H72N2O4. The molecule has 1 atom stereocenters. The molecule has 42 heavy (non-hydrogen) atoms. The van der Waals surface area contributed by atoms with Crippen LogP contribution in [0.5, 0.6) is 0 Å². The zero-order chi connectivity index (χ0) is 31.5. The van der Waals surface area contributed by atoms with Gasteiger partial charge in [-0.15, -0.1) is 0 Å². The SMILES string of the molecule is CCCCCCCCCCCC(=O)NC(CCCCCCCCCC)C(N)=O.CCCCCCCCCCCC(=O)O. The first-order chi connectivity index (χ1) is 20.4. The summed E-state index contributed by atoms with van der Waals surface area (Å²) in [6.07, 6.45) is 33.6. The molecule has 0 aliphatic carbocycles. The number of amides is 2. The van der Waals surface area contributed by atoms with Gasteiger partial charge in [-0.2, -0.15) is 0 Å². The van der Waals surface area contributed by atoms with Crippen molar-refractivity contribution in [1.82, 2.24) is 5.32 Å². The van der Waals surface area contributed by atoms with Gasteiger partial charge in [-0.25, -0.2) is 0 Å². The first-order valence-corrected chi connectivity index (χ1v) is 18.2. The number of nitrogens with two attached hydrogens (primary N) is 1. The standard InChI is InChI=1S/C24H48N2O2.C12H24O2/c1-3-5-7-9-11-13-15-17-19-21-23(27)26-22(24(25)28)20-18-16-14-12-10-8-6-4-2;1-2-3-4-5-6-7-8-9-10-11-12(13)14/h22H,3-21H2,1-2H3,(H2,25,28)(H,26,27);2-11H2,1H3,(H,13,14). The van der Waals surface area contributed by atoms with Gasteiger partial charge in [-0.3, -0.25) is 14.4 Å². The van der Waals surface area contributed by atoms with Gasteiger partial charge in [-0.1, -0.05) is 175 Å². The predicted octanol–water partition coefficient (Wildman–Crippen LogP) is 10.4. The van der Waals surface area contributed by atoms with E-state index in [0.717, 1.165) is 38.5 Å². The zero-order valence-corrected chi connectivity index (χ0v) is 28.3. The first-order valence-electron chi connectivity index (χ1n) is 18.2. The Labute approximate surface area is 261 Å². The molecule has 0 aromatic heterocycles. The average Bonchev–Trinajstić information content (AvgIpc) is 2.96. The molecule has 0 aliphatic rings. The van der Waals surface area contributed by atoms with Gasteiger partial charge in [0, 0.05) is 12.8 Å². The highest BCUT2D eigenvalue weighted by atomic mass is 16.4. The molecule has 0 saturated carbocycles. The lowest BCUT2D eigenvalue weighted by Crippen LogP contribution is -2.44. The summed E-state index contributed by atoms with van der Waals surface area (Å²) in [5, 5.41) is 11.3. The number of nitrogens with one attached hydrogen (secondary N) is 1. The summed E-state index contributed by atoms with van der Waals surface area (Å²) < 4.78 is 0. The number of carbonyl (C=O) groups excluding carboxylic acids is 2. The van der Waals surface area contributed by atoms with E-state index in [2.05, 4.69) is 26.1 Å². The van der Waals surface area contributed by atoms with Gasteiger partial charge in [0.2, 0.25) is 11.8 Å². The van der Waals surface area contributed by atoms with E-state index in [1.54, 1.807) is 0 Å². The molecule has 0 saturated heterocycles. The Morgan fingerprint density at radius 1 is 0.500 bits per heavy atom. The van der Waals surface area contributed by atoms with Crippen molar-refractivity contribution in [2.45, 2.75) is 213 Å². The number of hydrogen-bond donors (Lipinski definition) is 3. The Morgan fingerprint density at radius 2 is 0.810 bits per heavy atom. The Hall–Kier alpha value is -1.59. The number of unbranched alkanes of at least 4 members (excludes halogenated alkanes) is 23. The summed E-state index contributed by atoms with van der Waals surface area (Å²) in [5.41, 5.74) is 5.47. The van der Waals surface area contributed by atoms with Crippen molar-refractivity contribution in [3.63, 3.8) is 0 Å². The zero-order valence-electron chi connectivity index (χ0n) is 28.3. The molecule has 4 N–H and O–H groups in total. The molecule has 0 radical (unpaired) electrons. The van der Waals surface area contributed by atoms with Crippen molar-refractivity contribution in [3.05, 3.63) is 0 Å². The van der Waals surface area contributed by atoms with Crippen LogP contribution in [0.25, 0.3) is 0 Å². The molecule has 0 aliphatic heterocycles. The minimum Gasteiger partial charge on any atom is -0.481 e. The van der Waals surface area contributed by atoms with Crippen LogP contribution < -0.4 is 11.1 Å². The molecule has 6 nitrogen and oxygen atoms in total. The molecule has 250 valence electrons. The maximum absolute atomic E-state index is 12.1. The Kier molecular flexibility index (Phi) is 36.1. The van der Waals surface area contributed by atoms with Gasteiger partial charge >= 0.3 is 5.97 Å². The number of aliphatic carboxylic acids is 1. The van der Waals surface area contributed by atoms with Gasteiger partial charge in [0.1, 0.15) is 6.04 Å². The van der Waals surface area contributed by atoms with E-state index in [1.807, 2.05) is 0 Å². The highest BCUT2D eigenvalue weighted by molar-refractivity contribution is 5.86. The third-order valence-electron chi connectivity index (χ3n) is 8.03. The molecule has 0 spiro atoms. The van der Waals surface area contributed by atoms with Crippen molar-refractivity contribution < 1.29 is 19.5 Å². The highest BCUT2D eigenvalue weighted by Crippen LogP contribution is 2.13. The maximum Gasteiger partial charge on any atom is 0.303 e. The Bertz CT molecular complexity index is 597. The highest BCUT2D eigenvalue weighted by Gasteiger charge is 2.17. The van der Waals surface area contributed by atoms with Crippen LogP contribution in [-0.2, 0) is 14.4 Å². The Morgan fingerprint density at radius 3 is 1.14 bits per heavy atom. The van der Waals surface area contributed by atoms with Crippen LogP contribution in [0.1, 0.15) is 207 Å². The van der Waals surface area contributed by atoms with Gasteiger partial charge in [0.25, 0.3) is 0 Å². The van der Waals surface area contributed by atoms with Gasteiger partial charge in [0.05, 0.1) is 0 Å². The number of carboxylic acids is 1. The minimum atomic E-state index is -0.659. The van der Waals surface area contributed by atoms with Crippen molar-refractivity contribution in [2.75, 3.05) is 0 Å². The lowest BCUT2D eigenvalue weighted by atomic mass is 10.0. The summed E-state index contributed by atoms with van der Waals surface area (Å²) in [5.74, 6) is -1.08. The van der Waals surface area contributed by atoms with Gasteiger partial charge < -0.3 is 16.2 Å². The number of hydrogen-bond acceptors (Lipinski definition) is 3. The summed E-state index contributed by atoms with van der Waals surface area (Å²) in [6, 6.07) is -0.494. The quantitative estimate of drug-likeness (QED) is 0.0691. The summed E-state index contributed by atoms with van der Waals surface area (Å²) in [4.78, 5) is 33.9. The molecule has 0 aromatic carbocycles. The molecular weight excluding hydrogens is 524 g/mol. The molecule has 0 fully saturated rings. The average molecular weight is 597 g/mol. The second kappa shape index (κ2) is 35.6. The number of carboxylic acid groups (broad SMARTS) is 1. The number of primary amides is 1. The molecule has 0 heterocycles. The fourth-order valence-electron chi connectivity index (χ4n) is 5.22. The van der Waals surface area contributed by atoms with Crippen molar-refractivity contribution in [3.8, 4) is 0 Å². The topological polar surface area (TPSA) is 109 Å². The molecule has 1 unspecified atom stereocenters. The lowest BCUT2D eigenvalue weighted by molar-refractivity contribution is -0.137. The number of rotatable bonds is 31. The predicted molar refractivity (Wildman–Crippen MR) is 180 cm³/mol. The summed E-state index contributed by atoms with van der Waals surface area (Å²) in [7, 11) is 0. The van der Waals surface area contributed by atoms with E-state index in [4.69, 9.17) is 10.8 Å². The second-order valence-electron chi connectivity index (χ2n) is 12.3. The maximum atomic E-state index is 12.1. The van der Waals surface area contributed by atoms with E-state index in [9.17, 15) is 14.4 Å². The van der Waals surface area contributed by atoms with E-state index in [-0.39, 0.29) is 5.91 Å². The monoisotopic (exact) mass is 597 g/mol. The van der Waals surface area contributed by atoms with Crippen molar-refractivity contribution in [1.29, 1.82) is 0 Å². The van der Waals surface area contributed by atoms with Crippen molar-refractivity contribution >= 4 is 17.8 Å². The first kappa shape index (κ1) is 42.5. The molecule has 0 aromatic rings. The third-order valence-corrected chi connectivity index (χ3v) is 8.03. The smallest absolute Gasteiger partial charge is 0.303 e. The number of carbonyl (C=O) groups is 3. The molecule has 2 amide bonds. The van der Waals surface area contributed by atoms with Crippen molar-refractivity contribution in [2.24, 2.45) is 5.73 Å². The summed E-state index contributed by atoms with van der Waals surface area (Å²) in [6.45, 7) is 6.70. The van der Waals surface area contributed by atoms with Crippen LogP contribution in [0.4, 0.5) is 0 Å². The van der Waals surface area contributed by atoms with Crippen LogP contribution in [-0.4, -0.2) is 28.9 Å². The molecule has 0 bridgehead atoms. The largest absolute Gasteiger partial charge is 0.481 e. The fourth-order valence-corrected chi connectivity index (χ4v) is 5.22. The van der Waals surface area contributed by atoms with E-state index in [0.29, 0.717) is 19.3 Å². The van der Waals surface area contributed by atoms with E-state index >= 15 is 0 Å². The summed E-state index contributed by atoms with van der Waals surface area (Å²) >= 11 is 0. The normalized spacial score (nSPS) is 11.5. The fraction of sp³-hybridized carbons (Fsp3) is 0.917. The van der Waals surface area contributed by atoms with Crippen LogP contribution in [0, 0.1) is 0 Å². The molecule has 0 rings (SSSR count). The third kappa shape index (κ3) is 36.4. The van der Waals surface area contributed by atoms with Crippen LogP contribution in [0.3, 0.4) is 0 Å². The molecule has 6 heteroatoms. The lowest BCUT2D eigenvalue weighted by Gasteiger charge is -2.15. The Balaban J connectivity index is 0. The van der Waals surface area contributed by atoms with Gasteiger partial charge in [0.15, 0.2) is 0 Å². The second-order valence-corrected chi connectivity index (χ2v) is 12.3. The van der Waals surface area contributed by atoms with Crippen LogP contribution >= 0.6 is 0 Å².